The second-order valence-corrected chi connectivity index (χ2v) is 8.89. The summed E-state index contributed by atoms with van der Waals surface area (Å²) in [5.74, 6) is 0.888. The van der Waals surface area contributed by atoms with E-state index < -0.39 is 11.4 Å². The third-order valence-corrected chi connectivity index (χ3v) is 6.25. The standard InChI is InChI=1S/C25H25N7O2/c1-15(2)19-11-26-14-22(30-19)31-23-18(10-29-32(23)3)21-13-27-20(12-28-21)16-4-6-17(7-5-16)25(8-9-25)24(33)34/h4-7,10-15H,8-9H2,1-3H3,(H,30,31)(H,33,34). The third kappa shape index (κ3) is 3.89. The average Bonchev–Trinajstić information content (AvgIpc) is 3.59. The Bertz CT molecular complexity index is 1340. The molecule has 9 heteroatoms. The molecule has 0 bridgehead atoms. The molecular formula is C25H25N7O2. The van der Waals surface area contributed by atoms with Crippen LogP contribution >= 0.6 is 0 Å². The summed E-state index contributed by atoms with van der Waals surface area (Å²) in [5, 5.41) is 17.2. The molecule has 3 heterocycles. The van der Waals surface area contributed by atoms with E-state index in [1.54, 1.807) is 35.7 Å². The minimum atomic E-state index is -0.757. The lowest BCUT2D eigenvalue weighted by atomic mass is 9.95. The lowest BCUT2D eigenvalue weighted by Gasteiger charge is -2.11. The van der Waals surface area contributed by atoms with Gasteiger partial charge in [-0.25, -0.2) is 4.98 Å². The fraction of sp³-hybridized carbons (Fsp3) is 0.280. The zero-order valence-corrected chi connectivity index (χ0v) is 19.2. The number of carboxylic acids is 1. The number of carboxylic acid groups (broad SMARTS) is 1. The second kappa shape index (κ2) is 8.33. The van der Waals surface area contributed by atoms with Crippen molar-refractivity contribution in [3.05, 3.63) is 66.5 Å². The zero-order valence-electron chi connectivity index (χ0n) is 19.2. The highest BCUT2D eigenvalue weighted by atomic mass is 16.4. The van der Waals surface area contributed by atoms with E-state index >= 15 is 0 Å². The van der Waals surface area contributed by atoms with E-state index in [0.29, 0.717) is 30.0 Å². The Labute approximate surface area is 197 Å². The summed E-state index contributed by atoms with van der Waals surface area (Å²) in [6, 6.07) is 7.56. The van der Waals surface area contributed by atoms with Gasteiger partial charge >= 0.3 is 5.97 Å². The lowest BCUT2D eigenvalue weighted by Crippen LogP contribution is -2.19. The number of anilines is 2. The van der Waals surface area contributed by atoms with Crippen LogP contribution in [0.5, 0.6) is 0 Å². The van der Waals surface area contributed by atoms with Crippen LogP contribution < -0.4 is 5.32 Å². The van der Waals surface area contributed by atoms with Crippen molar-refractivity contribution >= 4 is 17.6 Å². The van der Waals surface area contributed by atoms with Crippen molar-refractivity contribution in [1.82, 2.24) is 29.7 Å². The first kappa shape index (κ1) is 21.7. The summed E-state index contributed by atoms with van der Waals surface area (Å²) in [7, 11) is 1.85. The fourth-order valence-electron chi connectivity index (χ4n) is 3.94. The summed E-state index contributed by atoms with van der Waals surface area (Å²) in [6.45, 7) is 4.15. The van der Waals surface area contributed by atoms with Gasteiger partial charge in [0.05, 0.1) is 52.8 Å². The van der Waals surface area contributed by atoms with Gasteiger partial charge in [0.2, 0.25) is 0 Å². The molecule has 0 radical (unpaired) electrons. The molecule has 1 aliphatic carbocycles. The molecule has 1 aliphatic rings. The number of aryl methyl sites for hydroxylation is 1. The van der Waals surface area contributed by atoms with E-state index in [0.717, 1.165) is 28.2 Å². The molecule has 0 unspecified atom stereocenters. The van der Waals surface area contributed by atoms with Crippen LogP contribution in [-0.2, 0) is 17.3 Å². The number of rotatable bonds is 7. The van der Waals surface area contributed by atoms with Crippen LogP contribution in [0.25, 0.3) is 22.5 Å². The maximum Gasteiger partial charge on any atom is 0.314 e. The number of hydrogen-bond acceptors (Lipinski definition) is 7. The van der Waals surface area contributed by atoms with Gasteiger partial charge in [-0.2, -0.15) is 5.10 Å². The molecule has 0 spiro atoms. The van der Waals surface area contributed by atoms with E-state index in [4.69, 9.17) is 0 Å². The summed E-state index contributed by atoms with van der Waals surface area (Å²) in [4.78, 5) is 29.7. The smallest absolute Gasteiger partial charge is 0.314 e. The van der Waals surface area contributed by atoms with Gasteiger partial charge < -0.3 is 10.4 Å². The Hall–Kier alpha value is -4.14. The molecule has 3 aromatic heterocycles. The first-order valence-corrected chi connectivity index (χ1v) is 11.1. The SMILES string of the molecule is CC(C)c1cncc(Nc2c(-c3cnc(-c4ccc(C5(C(=O)O)CC5)cc4)cn3)cnn2C)n1. The van der Waals surface area contributed by atoms with Crippen LogP contribution in [0.1, 0.15) is 43.9 Å². The maximum absolute atomic E-state index is 11.6. The molecule has 0 aliphatic heterocycles. The molecule has 1 saturated carbocycles. The van der Waals surface area contributed by atoms with Crippen molar-refractivity contribution in [1.29, 1.82) is 0 Å². The molecule has 9 nitrogen and oxygen atoms in total. The predicted molar refractivity (Wildman–Crippen MR) is 128 cm³/mol. The fourth-order valence-corrected chi connectivity index (χ4v) is 3.94. The zero-order chi connectivity index (χ0) is 23.9. The average molecular weight is 456 g/mol. The van der Waals surface area contributed by atoms with Crippen LogP contribution in [0.15, 0.2) is 55.2 Å². The number of nitrogens with one attached hydrogen (secondary N) is 1. The summed E-state index contributed by atoms with van der Waals surface area (Å²) < 4.78 is 1.73. The van der Waals surface area contributed by atoms with E-state index in [1.165, 1.54) is 0 Å². The van der Waals surface area contributed by atoms with Gasteiger partial charge in [0.1, 0.15) is 11.6 Å². The number of carbonyl (C=O) groups is 1. The van der Waals surface area contributed by atoms with E-state index in [1.807, 2.05) is 31.3 Å². The highest BCUT2D eigenvalue weighted by Crippen LogP contribution is 2.48. The van der Waals surface area contributed by atoms with Gasteiger partial charge in [0.15, 0.2) is 0 Å². The van der Waals surface area contributed by atoms with Gasteiger partial charge in [-0.1, -0.05) is 38.1 Å². The highest BCUT2D eigenvalue weighted by molar-refractivity contribution is 5.85. The summed E-state index contributed by atoms with van der Waals surface area (Å²) in [5.41, 5.74) is 4.09. The number of hydrogen-bond donors (Lipinski definition) is 2. The van der Waals surface area contributed by atoms with Crippen LogP contribution in [0.3, 0.4) is 0 Å². The van der Waals surface area contributed by atoms with Crippen molar-refractivity contribution in [3.63, 3.8) is 0 Å². The number of nitrogens with zero attached hydrogens (tertiary/aromatic N) is 6. The van der Waals surface area contributed by atoms with Crippen molar-refractivity contribution in [2.24, 2.45) is 7.05 Å². The van der Waals surface area contributed by atoms with Gasteiger partial charge in [0.25, 0.3) is 0 Å². The molecule has 172 valence electrons. The van der Waals surface area contributed by atoms with Crippen LogP contribution in [0.2, 0.25) is 0 Å². The van der Waals surface area contributed by atoms with Gasteiger partial charge in [-0.05, 0) is 24.3 Å². The van der Waals surface area contributed by atoms with E-state index in [9.17, 15) is 9.90 Å². The monoisotopic (exact) mass is 455 g/mol. The Morgan fingerprint density at radius 1 is 1.03 bits per heavy atom. The largest absolute Gasteiger partial charge is 0.481 e. The number of aromatic nitrogens is 6. The molecular weight excluding hydrogens is 430 g/mol. The number of benzene rings is 1. The predicted octanol–water partition coefficient (Wildman–Crippen LogP) is 4.32. The molecule has 1 fully saturated rings. The van der Waals surface area contributed by atoms with Crippen molar-refractivity contribution < 1.29 is 9.90 Å². The topological polar surface area (TPSA) is 119 Å². The first-order valence-electron chi connectivity index (χ1n) is 11.1. The Balaban J connectivity index is 1.38. The molecule has 34 heavy (non-hydrogen) atoms. The summed E-state index contributed by atoms with van der Waals surface area (Å²) >= 11 is 0. The number of aliphatic carboxylic acids is 1. The third-order valence-electron chi connectivity index (χ3n) is 6.25. The van der Waals surface area contributed by atoms with E-state index in [2.05, 4.69) is 44.2 Å². The molecule has 4 aromatic rings. The Morgan fingerprint density at radius 2 is 1.74 bits per heavy atom. The minimum absolute atomic E-state index is 0.270. The van der Waals surface area contributed by atoms with Crippen molar-refractivity contribution in [2.45, 2.75) is 38.0 Å². The Kier molecular flexibility index (Phi) is 5.31. The molecule has 0 atom stereocenters. The Morgan fingerprint density at radius 3 is 2.35 bits per heavy atom. The van der Waals surface area contributed by atoms with E-state index in [-0.39, 0.29) is 5.92 Å². The van der Waals surface area contributed by atoms with Crippen LogP contribution in [0, 0.1) is 0 Å². The van der Waals surface area contributed by atoms with Crippen molar-refractivity contribution in [2.75, 3.05) is 5.32 Å². The normalized spacial score (nSPS) is 14.2. The first-order chi connectivity index (χ1) is 16.4. The molecule has 2 N–H and O–H groups in total. The van der Waals surface area contributed by atoms with Crippen LogP contribution in [-0.4, -0.2) is 40.8 Å². The maximum atomic E-state index is 11.6. The van der Waals surface area contributed by atoms with Gasteiger partial charge in [-0.3, -0.25) is 24.4 Å². The summed E-state index contributed by atoms with van der Waals surface area (Å²) in [6.07, 6.45) is 9.98. The minimum Gasteiger partial charge on any atom is -0.481 e. The quantitative estimate of drug-likeness (QED) is 0.423. The van der Waals surface area contributed by atoms with Gasteiger partial charge in [0, 0.05) is 18.8 Å². The highest BCUT2D eigenvalue weighted by Gasteiger charge is 2.51. The lowest BCUT2D eigenvalue weighted by molar-refractivity contribution is -0.140. The van der Waals surface area contributed by atoms with Gasteiger partial charge in [-0.15, -0.1) is 0 Å². The molecule has 5 rings (SSSR count). The van der Waals surface area contributed by atoms with Crippen LogP contribution in [0.4, 0.5) is 11.6 Å². The second-order valence-electron chi connectivity index (χ2n) is 8.89. The molecule has 0 saturated heterocycles. The van der Waals surface area contributed by atoms with Crippen molar-refractivity contribution in [3.8, 4) is 22.5 Å². The molecule has 0 amide bonds. The molecule has 1 aromatic carbocycles.